The Labute approximate surface area is 168 Å². The van der Waals surface area contributed by atoms with Gasteiger partial charge in [-0.15, -0.1) is 0 Å². The van der Waals surface area contributed by atoms with Crippen LogP contribution in [0.15, 0.2) is 36.4 Å². The second-order valence-corrected chi connectivity index (χ2v) is 6.67. The van der Waals surface area contributed by atoms with Crippen molar-refractivity contribution in [1.29, 1.82) is 0 Å². The summed E-state index contributed by atoms with van der Waals surface area (Å²) in [4.78, 5) is 24.2. The molecular weight excluding hydrogens is 379 g/mol. The zero-order valence-corrected chi connectivity index (χ0v) is 16.8. The first-order chi connectivity index (χ1) is 13.7. The van der Waals surface area contributed by atoms with E-state index < -0.39 is 17.9 Å². The summed E-state index contributed by atoms with van der Waals surface area (Å²) in [5.74, 6) is -1.27. The number of hydrogen-bond donors (Lipinski definition) is 3. The van der Waals surface area contributed by atoms with E-state index in [9.17, 15) is 19.1 Å². The van der Waals surface area contributed by atoms with Gasteiger partial charge in [-0.1, -0.05) is 6.07 Å². The molecule has 1 amide bonds. The second kappa shape index (κ2) is 9.77. The van der Waals surface area contributed by atoms with Gasteiger partial charge >= 0.3 is 5.97 Å². The quantitative estimate of drug-likeness (QED) is 0.594. The predicted molar refractivity (Wildman–Crippen MR) is 107 cm³/mol. The molecule has 0 spiro atoms. The van der Waals surface area contributed by atoms with Crippen LogP contribution in [0, 0.1) is 12.7 Å². The third kappa shape index (κ3) is 5.84. The average Bonchev–Trinajstić information content (AvgIpc) is 2.69. The molecule has 29 heavy (non-hydrogen) atoms. The molecule has 0 saturated heterocycles. The lowest BCUT2D eigenvalue weighted by Crippen LogP contribution is -2.43. The normalized spacial score (nSPS) is 12.6. The van der Waals surface area contributed by atoms with Gasteiger partial charge in [0.2, 0.25) is 0 Å². The molecule has 3 N–H and O–H groups in total. The third-order valence-corrected chi connectivity index (χ3v) is 4.44. The molecular formula is C21H25FN2O5. The number of carbonyl (C=O) groups is 2. The van der Waals surface area contributed by atoms with Gasteiger partial charge in [-0.3, -0.25) is 4.79 Å². The molecule has 2 unspecified atom stereocenters. The van der Waals surface area contributed by atoms with Crippen molar-refractivity contribution in [2.75, 3.05) is 19.5 Å². The summed E-state index contributed by atoms with van der Waals surface area (Å²) in [7, 11) is 2.92. The van der Waals surface area contributed by atoms with Crippen LogP contribution in [-0.2, 0) is 4.79 Å². The summed E-state index contributed by atoms with van der Waals surface area (Å²) < 4.78 is 23.8. The molecule has 2 aromatic rings. The van der Waals surface area contributed by atoms with Crippen LogP contribution in [0.5, 0.6) is 11.5 Å². The fourth-order valence-corrected chi connectivity index (χ4v) is 2.87. The fourth-order valence-electron chi connectivity index (χ4n) is 2.87. The van der Waals surface area contributed by atoms with Crippen LogP contribution < -0.4 is 20.1 Å². The van der Waals surface area contributed by atoms with Crippen LogP contribution in [0.3, 0.4) is 0 Å². The molecule has 0 aliphatic heterocycles. The summed E-state index contributed by atoms with van der Waals surface area (Å²) >= 11 is 0. The number of ether oxygens (including phenoxy) is 2. The summed E-state index contributed by atoms with van der Waals surface area (Å²) in [6.07, 6.45) is 0.102. The number of halogens is 1. The number of anilines is 1. The molecule has 156 valence electrons. The Kier molecular flexibility index (Phi) is 7.41. The third-order valence-electron chi connectivity index (χ3n) is 4.44. The zero-order valence-electron chi connectivity index (χ0n) is 16.8. The number of carboxylic acids is 1. The lowest BCUT2D eigenvalue weighted by molar-refractivity contribution is -0.139. The SMILES string of the molecule is COc1ccc(C(=O)NC(CC(C)Nc2cc(F)ccc2C)C(=O)O)cc1OC. The standard InChI is InChI=1S/C21H25FN2O5/c1-12-5-7-15(22)11-16(12)23-13(2)9-17(21(26)27)24-20(25)14-6-8-18(28-3)19(10-14)29-4/h5-8,10-11,13,17,23H,9H2,1-4H3,(H,24,25)(H,26,27). The summed E-state index contributed by atoms with van der Waals surface area (Å²) in [5.41, 5.74) is 1.66. The number of amides is 1. The van der Waals surface area contributed by atoms with E-state index in [0.29, 0.717) is 17.2 Å². The van der Waals surface area contributed by atoms with Crippen molar-refractivity contribution in [1.82, 2.24) is 5.32 Å². The zero-order chi connectivity index (χ0) is 21.6. The van der Waals surface area contributed by atoms with Gasteiger partial charge in [0.15, 0.2) is 11.5 Å². The van der Waals surface area contributed by atoms with Crippen LogP contribution in [0.1, 0.15) is 29.3 Å². The highest BCUT2D eigenvalue weighted by atomic mass is 19.1. The van der Waals surface area contributed by atoms with Gasteiger partial charge in [0.05, 0.1) is 14.2 Å². The Morgan fingerprint density at radius 3 is 2.41 bits per heavy atom. The van der Waals surface area contributed by atoms with Crippen LogP contribution in [0.2, 0.25) is 0 Å². The number of aryl methyl sites for hydroxylation is 1. The van der Waals surface area contributed by atoms with Crippen molar-refractivity contribution in [2.24, 2.45) is 0 Å². The van der Waals surface area contributed by atoms with Crippen molar-refractivity contribution in [3.8, 4) is 11.5 Å². The highest BCUT2D eigenvalue weighted by Gasteiger charge is 2.24. The summed E-state index contributed by atoms with van der Waals surface area (Å²) in [5, 5.41) is 15.1. The molecule has 0 bridgehead atoms. The topological polar surface area (TPSA) is 96.9 Å². The minimum absolute atomic E-state index is 0.102. The molecule has 2 aromatic carbocycles. The van der Waals surface area contributed by atoms with E-state index in [0.717, 1.165) is 5.56 Å². The van der Waals surface area contributed by atoms with E-state index in [1.165, 1.54) is 38.5 Å². The Balaban J connectivity index is 2.08. The average molecular weight is 404 g/mol. The Morgan fingerprint density at radius 2 is 1.79 bits per heavy atom. The predicted octanol–water partition coefficient (Wildman–Crippen LogP) is 3.23. The summed E-state index contributed by atoms with van der Waals surface area (Å²) in [6.45, 7) is 3.59. The van der Waals surface area contributed by atoms with E-state index in [4.69, 9.17) is 9.47 Å². The number of aliphatic carboxylic acids is 1. The van der Waals surface area contributed by atoms with E-state index in [-0.39, 0.29) is 23.8 Å². The number of benzene rings is 2. The van der Waals surface area contributed by atoms with Crippen LogP contribution in [0.25, 0.3) is 0 Å². The van der Waals surface area contributed by atoms with Gasteiger partial charge in [-0.2, -0.15) is 0 Å². The number of hydrogen-bond acceptors (Lipinski definition) is 5. The van der Waals surface area contributed by atoms with Crippen molar-refractivity contribution >= 4 is 17.6 Å². The highest BCUT2D eigenvalue weighted by molar-refractivity contribution is 5.97. The smallest absolute Gasteiger partial charge is 0.326 e. The molecule has 0 aromatic heterocycles. The molecule has 0 aliphatic rings. The van der Waals surface area contributed by atoms with Crippen LogP contribution >= 0.6 is 0 Å². The van der Waals surface area contributed by atoms with Gasteiger partial charge in [0.1, 0.15) is 11.9 Å². The first-order valence-electron chi connectivity index (χ1n) is 9.03. The fraction of sp³-hybridized carbons (Fsp3) is 0.333. The maximum Gasteiger partial charge on any atom is 0.326 e. The van der Waals surface area contributed by atoms with Crippen molar-refractivity contribution < 1.29 is 28.6 Å². The molecule has 2 rings (SSSR count). The number of carboxylic acid groups (broad SMARTS) is 1. The van der Waals surface area contributed by atoms with Gasteiger partial charge in [-0.05, 0) is 56.2 Å². The van der Waals surface area contributed by atoms with Gasteiger partial charge in [-0.25, -0.2) is 9.18 Å². The van der Waals surface area contributed by atoms with Gasteiger partial charge < -0.3 is 25.2 Å². The minimum atomic E-state index is -1.16. The lowest BCUT2D eigenvalue weighted by Gasteiger charge is -2.22. The first kappa shape index (κ1) is 22.0. The second-order valence-electron chi connectivity index (χ2n) is 6.67. The molecule has 8 heteroatoms. The van der Waals surface area contributed by atoms with Gasteiger partial charge in [0.25, 0.3) is 5.91 Å². The number of nitrogens with one attached hydrogen (secondary N) is 2. The molecule has 7 nitrogen and oxygen atoms in total. The van der Waals surface area contributed by atoms with Crippen molar-refractivity contribution in [3.05, 3.63) is 53.3 Å². The first-order valence-corrected chi connectivity index (χ1v) is 9.03. The maximum atomic E-state index is 13.5. The van der Waals surface area contributed by atoms with E-state index in [2.05, 4.69) is 10.6 Å². The Bertz CT molecular complexity index is 887. The molecule has 0 radical (unpaired) electrons. The van der Waals surface area contributed by atoms with Crippen molar-refractivity contribution in [3.63, 3.8) is 0 Å². The minimum Gasteiger partial charge on any atom is -0.493 e. The number of rotatable bonds is 9. The summed E-state index contributed by atoms with van der Waals surface area (Å²) in [6, 6.07) is 7.45. The molecule has 0 fully saturated rings. The highest BCUT2D eigenvalue weighted by Crippen LogP contribution is 2.27. The van der Waals surface area contributed by atoms with Crippen LogP contribution in [0.4, 0.5) is 10.1 Å². The maximum absolute atomic E-state index is 13.5. The lowest BCUT2D eigenvalue weighted by atomic mass is 10.1. The largest absolute Gasteiger partial charge is 0.493 e. The van der Waals surface area contributed by atoms with E-state index in [1.807, 2.05) is 6.92 Å². The molecule has 0 saturated carbocycles. The molecule has 2 atom stereocenters. The Morgan fingerprint density at radius 1 is 1.10 bits per heavy atom. The molecule has 0 heterocycles. The van der Waals surface area contributed by atoms with E-state index >= 15 is 0 Å². The Hall–Kier alpha value is -3.29. The number of carbonyl (C=O) groups excluding carboxylic acids is 1. The van der Waals surface area contributed by atoms with Crippen LogP contribution in [-0.4, -0.2) is 43.3 Å². The molecule has 0 aliphatic carbocycles. The van der Waals surface area contributed by atoms with Crippen molar-refractivity contribution in [2.45, 2.75) is 32.4 Å². The van der Waals surface area contributed by atoms with E-state index in [1.54, 1.807) is 19.1 Å². The van der Waals surface area contributed by atoms with Gasteiger partial charge in [0, 0.05) is 17.3 Å². The number of methoxy groups -OCH3 is 2. The monoisotopic (exact) mass is 404 g/mol.